The number of hydrogen-bond donors (Lipinski definition) is 1. The zero-order chi connectivity index (χ0) is 10.7. The molecule has 0 spiro atoms. The topological polar surface area (TPSA) is 21.3 Å². The van der Waals surface area contributed by atoms with Crippen molar-refractivity contribution in [3.8, 4) is 0 Å². The van der Waals surface area contributed by atoms with Crippen molar-refractivity contribution < 1.29 is 17.9 Å². The summed E-state index contributed by atoms with van der Waals surface area (Å²) in [5.74, 6) is 0. The first-order valence-electron chi connectivity index (χ1n) is 4.54. The molecule has 0 atom stereocenters. The summed E-state index contributed by atoms with van der Waals surface area (Å²) in [4.78, 5) is 0. The Balaban J connectivity index is 0.00000196. The molecule has 0 amide bonds. The first-order chi connectivity index (χ1) is 6.52. The molecule has 0 bridgehead atoms. The van der Waals surface area contributed by atoms with Gasteiger partial charge in [-0.2, -0.15) is 13.2 Å². The van der Waals surface area contributed by atoms with E-state index in [9.17, 15) is 13.2 Å². The Labute approximate surface area is 93.3 Å². The largest absolute Gasteiger partial charge is 0.417 e. The smallest absolute Gasteiger partial charge is 0.361 e. The van der Waals surface area contributed by atoms with Crippen LogP contribution < -0.4 is 5.32 Å². The Bertz CT molecular complexity index is 202. The zero-order valence-electron chi connectivity index (χ0n) is 8.27. The molecule has 15 heavy (non-hydrogen) atoms. The van der Waals surface area contributed by atoms with E-state index in [-0.39, 0.29) is 31.9 Å². The van der Waals surface area contributed by atoms with Gasteiger partial charge in [-0.15, -0.1) is 19.0 Å². The van der Waals surface area contributed by atoms with Gasteiger partial charge in [-0.25, -0.2) is 0 Å². The number of rotatable bonds is 3. The van der Waals surface area contributed by atoms with Crippen LogP contribution in [0.25, 0.3) is 0 Å². The highest BCUT2D eigenvalue weighted by Crippen LogP contribution is 2.40. The highest BCUT2D eigenvalue weighted by Gasteiger charge is 2.55. The lowest BCUT2D eigenvalue weighted by atomic mass is 9.91. The van der Waals surface area contributed by atoms with Crippen LogP contribution >= 0.6 is 12.4 Å². The maximum Gasteiger partial charge on any atom is 0.417 e. The molecule has 1 aliphatic rings. The fraction of sp³-hybridized carbons (Fsp3) is 0.778. The Hall–Kier alpha value is -0.260. The minimum atomic E-state index is -4.29. The predicted octanol–water partition coefficient (Wildman–Crippen LogP) is 2.30. The highest BCUT2D eigenvalue weighted by molar-refractivity contribution is 5.85. The van der Waals surface area contributed by atoms with E-state index >= 15 is 0 Å². The van der Waals surface area contributed by atoms with Gasteiger partial charge >= 0.3 is 6.18 Å². The molecule has 0 aromatic carbocycles. The monoisotopic (exact) mass is 245 g/mol. The molecule has 0 aromatic rings. The van der Waals surface area contributed by atoms with Crippen LogP contribution in [0.2, 0.25) is 0 Å². The van der Waals surface area contributed by atoms with Crippen molar-refractivity contribution in [2.45, 2.75) is 24.6 Å². The van der Waals surface area contributed by atoms with E-state index < -0.39 is 11.8 Å². The number of alkyl halides is 3. The van der Waals surface area contributed by atoms with E-state index in [1.807, 2.05) is 0 Å². The van der Waals surface area contributed by atoms with Crippen LogP contribution in [0.4, 0.5) is 13.2 Å². The molecule has 1 N–H and O–H groups in total. The van der Waals surface area contributed by atoms with Crippen molar-refractivity contribution in [2.75, 3.05) is 19.7 Å². The molecule has 0 unspecified atom stereocenters. The van der Waals surface area contributed by atoms with Gasteiger partial charge < -0.3 is 10.1 Å². The summed E-state index contributed by atoms with van der Waals surface area (Å²) in [5.41, 5.74) is -1.97. The molecule has 6 heteroatoms. The molecule has 1 heterocycles. The predicted molar refractivity (Wildman–Crippen MR) is 54.3 cm³/mol. The van der Waals surface area contributed by atoms with Crippen molar-refractivity contribution in [1.29, 1.82) is 0 Å². The number of nitrogens with one attached hydrogen (secondary N) is 1. The molecule has 1 rings (SSSR count). The van der Waals surface area contributed by atoms with Crippen LogP contribution in [0.1, 0.15) is 12.8 Å². The van der Waals surface area contributed by atoms with Gasteiger partial charge in [0, 0.05) is 0 Å². The molecule has 0 aliphatic carbocycles. The number of hydrogen-bond acceptors (Lipinski definition) is 2. The van der Waals surface area contributed by atoms with Gasteiger partial charge in [0.1, 0.15) is 0 Å². The fourth-order valence-electron chi connectivity index (χ4n) is 1.56. The minimum absolute atomic E-state index is 0. The van der Waals surface area contributed by atoms with E-state index in [1.165, 1.54) is 6.08 Å². The quantitative estimate of drug-likeness (QED) is 0.771. The second-order valence-electron chi connectivity index (χ2n) is 3.34. The molecule has 1 aliphatic heterocycles. The van der Waals surface area contributed by atoms with Crippen molar-refractivity contribution in [2.24, 2.45) is 0 Å². The third-order valence-corrected chi connectivity index (χ3v) is 2.41. The maximum absolute atomic E-state index is 12.7. The molecule has 2 nitrogen and oxygen atoms in total. The van der Waals surface area contributed by atoms with E-state index in [0.717, 1.165) is 0 Å². The first-order valence-corrected chi connectivity index (χ1v) is 4.54. The Morgan fingerprint density at radius 2 is 1.87 bits per heavy atom. The summed E-state index contributed by atoms with van der Waals surface area (Å²) >= 11 is 0. The molecule has 0 aromatic heterocycles. The lowest BCUT2D eigenvalue weighted by Gasteiger charge is -2.38. The third-order valence-electron chi connectivity index (χ3n) is 2.41. The molecule has 90 valence electrons. The van der Waals surface area contributed by atoms with Gasteiger partial charge in [-0.3, -0.25) is 0 Å². The van der Waals surface area contributed by atoms with Crippen LogP contribution in [0.5, 0.6) is 0 Å². The average Bonchev–Trinajstić information content (AvgIpc) is 2.14. The third kappa shape index (κ3) is 3.36. The summed E-state index contributed by atoms with van der Waals surface area (Å²) < 4.78 is 43.1. The Kier molecular flexibility index (Phi) is 5.62. The van der Waals surface area contributed by atoms with Gasteiger partial charge in [-0.05, 0) is 25.9 Å². The molecule has 1 saturated heterocycles. The van der Waals surface area contributed by atoms with Crippen LogP contribution in [-0.4, -0.2) is 31.5 Å². The van der Waals surface area contributed by atoms with Gasteiger partial charge in [0.2, 0.25) is 0 Å². The van der Waals surface area contributed by atoms with E-state index in [4.69, 9.17) is 4.74 Å². The highest BCUT2D eigenvalue weighted by atomic mass is 35.5. The number of piperidine rings is 1. The lowest BCUT2D eigenvalue weighted by Crippen LogP contribution is -2.54. The molecular formula is C9H15ClF3NO. The molecule has 0 radical (unpaired) electrons. The van der Waals surface area contributed by atoms with Gasteiger partial charge in [0.15, 0.2) is 5.60 Å². The summed E-state index contributed by atoms with van der Waals surface area (Å²) in [6.45, 7) is 3.98. The van der Waals surface area contributed by atoms with Gasteiger partial charge in [0.25, 0.3) is 0 Å². The standard InChI is InChI=1S/C9H14F3NO.ClH/c1-2-7-14-8(9(10,11)12)3-5-13-6-4-8;/h2,13H,1,3-7H2;1H. The second-order valence-corrected chi connectivity index (χ2v) is 3.34. The summed E-state index contributed by atoms with van der Waals surface area (Å²) in [7, 11) is 0. The van der Waals surface area contributed by atoms with Gasteiger partial charge in [0.05, 0.1) is 6.61 Å². The molecule has 1 fully saturated rings. The van der Waals surface area contributed by atoms with Crippen LogP contribution in [0.3, 0.4) is 0 Å². The normalized spacial score (nSPS) is 20.5. The summed E-state index contributed by atoms with van der Waals surface area (Å²) in [6.07, 6.45) is -3.00. The van der Waals surface area contributed by atoms with E-state index in [2.05, 4.69) is 11.9 Å². The second kappa shape index (κ2) is 5.72. The van der Waals surface area contributed by atoms with Crippen LogP contribution in [-0.2, 0) is 4.74 Å². The van der Waals surface area contributed by atoms with Gasteiger partial charge in [-0.1, -0.05) is 6.08 Å². The maximum atomic E-state index is 12.7. The number of halogens is 4. The first kappa shape index (κ1) is 14.7. The van der Waals surface area contributed by atoms with Crippen LogP contribution in [0.15, 0.2) is 12.7 Å². The zero-order valence-corrected chi connectivity index (χ0v) is 9.09. The lowest BCUT2D eigenvalue weighted by molar-refractivity contribution is -0.282. The number of ether oxygens (including phenoxy) is 1. The Morgan fingerprint density at radius 3 is 2.27 bits per heavy atom. The molecule has 0 saturated carbocycles. The summed E-state index contributed by atoms with van der Waals surface area (Å²) in [5, 5.41) is 2.88. The Morgan fingerprint density at radius 1 is 1.33 bits per heavy atom. The van der Waals surface area contributed by atoms with Crippen molar-refractivity contribution in [3.63, 3.8) is 0 Å². The SMILES string of the molecule is C=CCOC1(C(F)(F)F)CCNCC1.Cl. The van der Waals surface area contributed by atoms with Crippen molar-refractivity contribution in [1.82, 2.24) is 5.32 Å². The fourth-order valence-corrected chi connectivity index (χ4v) is 1.56. The van der Waals surface area contributed by atoms with Crippen molar-refractivity contribution >= 4 is 12.4 Å². The van der Waals surface area contributed by atoms with Crippen LogP contribution in [0, 0.1) is 0 Å². The average molecular weight is 246 g/mol. The van der Waals surface area contributed by atoms with E-state index in [0.29, 0.717) is 13.1 Å². The summed E-state index contributed by atoms with van der Waals surface area (Å²) in [6, 6.07) is 0. The van der Waals surface area contributed by atoms with E-state index in [1.54, 1.807) is 0 Å². The van der Waals surface area contributed by atoms with Crippen molar-refractivity contribution in [3.05, 3.63) is 12.7 Å². The minimum Gasteiger partial charge on any atom is -0.361 e. The molecular weight excluding hydrogens is 231 g/mol.